The Morgan fingerprint density at radius 1 is 1.11 bits per heavy atom. The monoisotopic (exact) mass is 245 g/mol. The predicted molar refractivity (Wildman–Crippen MR) is 74.1 cm³/mol. The molecular formula is C16H23NO. The third kappa shape index (κ3) is 2.14. The molecule has 2 aliphatic rings. The molecule has 2 nitrogen and oxygen atoms in total. The van der Waals surface area contributed by atoms with E-state index in [1.807, 2.05) is 0 Å². The molecule has 1 saturated heterocycles. The van der Waals surface area contributed by atoms with Crippen molar-refractivity contribution in [3.8, 4) is 5.75 Å². The molecule has 0 amide bonds. The topological polar surface area (TPSA) is 12.5 Å². The molecule has 1 heterocycles. The van der Waals surface area contributed by atoms with Crippen LogP contribution < -0.4 is 4.74 Å². The second-order valence-electron chi connectivity index (χ2n) is 5.53. The molecule has 0 saturated carbocycles. The number of rotatable bonds is 2. The molecular weight excluding hydrogens is 222 g/mol. The summed E-state index contributed by atoms with van der Waals surface area (Å²) in [5.41, 5.74) is 2.99. The summed E-state index contributed by atoms with van der Waals surface area (Å²) in [5.74, 6) is 1.09. The zero-order valence-electron chi connectivity index (χ0n) is 11.3. The fraction of sp³-hybridized carbons (Fsp3) is 0.625. The average molecular weight is 245 g/mol. The molecule has 1 aromatic rings. The molecule has 1 atom stereocenters. The van der Waals surface area contributed by atoms with Crippen LogP contribution >= 0.6 is 0 Å². The van der Waals surface area contributed by atoms with Gasteiger partial charge in [0.25, 0.3) is 0 Å². The molecule has 1 unspecified atom stereocenters. The quantitative estimate of drug-likeness (QED) is 0.790. The maximum Gasteiger partial charge on any atom is 0.122 e. The molecule has 1 aliphatic carbocycles. The van der Waals surface area contributed by atoms with Crippen LogP contribution in [0.3, 0.4) is 0 Å². The summed E-state index contributed by atoms with van der Waals surface area (Å²) in [7, 11) is 1.79. The Balaban J connectivity index is 1.91. The Labute approximate surface area is 110 Å². The van der Waals surface area contributed by atoms with Crippen LogP contribution in [-0.4, -0.2) is 25.1 Å². The molecule has 1 aliphatic heterocycles. The summed E-state index contributed by atoms with van der Waals surface area (Å²) in [6, 6.07) is 7.22. The van der Waals surface area contributed by atoms with Gasteiger partial charge in [0.05, 0.1) is 7.11 Å². The van der Waals surface area contributed by atoms with Crippen LogP contribution in [-0.2, 0) is 6.42 Å². The first-order valence-corrected chi connectivity index (χ1v) is 7.30. The van der Waals surface area contributed by atoms with Crippen molar-refractivity contribution in [1.29, 1.82) is 0 Å². The van der Waals surface area contributed by atoms with Crippen LogP contribution in [0.5, 0.6) is 5.75 Å². The van der Waals surface area contributed by atoms with E-state index < -0.39 is 0 Å². The molecule has 1 fully saturated rings. The smallest absolute Gasteiger partial charge is 0.122 e. The van der Waals surface area contributed by atoms with Gasteiger partial charge in [0.15, 0.2) is 0 Å². The van der Waals surface area contributed by atoms with Crippen molar-refractivity contribution in [1.82, 2.24) is 4.90 Å². The zero-order valence-corrected chi connectivity index (χ0v) is 11.3. The van der Waals surface area contributed by atoms with Crippen LogP contribution in [0.25, 0.3) is 0 Å². The summed E-state index contributed by atoms with van der Waals surface area (Å²) in [6.07, 6.45) is 7.96. The van der Waals surface area contributed by atoms with Crippen molar-refractivity contribution in [3.05, 3.63) is 29.3 Å². The van der Waals surface area contributed by atoms with Gasteiger partial charge in [-0.3, -0.25) is 4.90 Å². The number of benzene rings is 1. The number of ether oxygens (including phenoxy) is 1. The van der Waals surface area contributed by atoms with Crippen LogP contribution in [0.2, 0.25) is 0 Å². The van der Waals surface area contributed by atoms with Gasteiger partial charge in [-0.2, -0.15) is 0 Å². The van der Waals surface area contributed by atoms with Crippen LogP contribution in [0.4, 0.5) is 0 Å². The molecule has 0 radical (unpaired) electrons. The van der Waals surface area contributed by atoms with E-state index in [0.29, 0.717) is 6.04 Å². The molecule has 98 valence electrons. The van der Waals surface area contributed by atoms with Gasteiger partial charge in [-0.1, -0.05) is 18.6 Å². The van der Waals surface area contributed by atoms with E-state index >= 15 is 0 Å². The first-order valence-electron chi connectivity index (χ1n) is 7.30. The van der Waals surface area contributed by atoms with Gasteiger partial charge in [-0.05, 0) is 62.4 Å². The third-order valence-electron chi connectivity index (χ3n) is 4.48. The van der Waals surface area contributed by atoms with Gasteiger partial charge in [0.1, 0.15) is 5.75 Å². The molecule has 3 rings (SSSR count). The van der Waals surface area contributed by atoms with Crippen LogP contribution in [0.15, 0.2) is 18.2 Å². The van der Waals surface area contributed by atoms with Crippen molar-refractivity contribution in [3.63, 3.8) is 0 Å². The van der Waals surface area contributed by atoms with Crippen LogP contribution in [0, 0.1) is 0 Å². The minimum atomic E-state index is 0.643. The Morgan fingerprint density at radius 3 is 2.72 bits per heavy atom. The fourth-order valence-corrected chi connectivity index (χ4v) is 3.59. The van der Waals surface area contributed by atoms with Crippen LogP contribution in [0.1, 0.15) is 49.3 Å². The number of hydrogen-bond acceptors (Lipinski definition) is 2. The van der Waals surface area contributed by atoms with Gasteiger partial charge in [-0.25, -0.2) is 0 Å². The van der Waals surface area contributed by atoms with Crippen molar-refractivity contribution >= 4 is 0 Å². The second-order valence-corrected chi connectivity index (χ2v) is 5.53. The molecule has 18 heavy (non-hydrogen) atoms. The Morgan fingerprint density at radius 2 is 1.94 bits per heavy atom. The van der Waals surface area contributed by atoms with E-state index in [1.54, 1.807) is 7.11 Å². The molecule has 1 aromatic carbocycles. The second kappa shape index (κ2) is 5.31. The van der Waals surface area contributed by atoms with Crippen molar-refractivity contribution in [2.75, 3.05) is 20.2 Å². The minimum Gasteiger partial charge on any atom is -0.496 e. The third-order valence-corrected chi connectivity index (χ3v) is 4.48. The molecule has 0 aromatic heterocycles. The first-order chi connectivity index (χ1) is 8.90. The maximum atomic E-state index is 5.53. The minimum absolute atomic E-state index is 0.643. The van der Waals surface area contributed by atoms with Crippen molar-refractivity contribution in [2.24, 2.45) is 0 Å². The van der Waals surface area contributed by atoms with Crippen molar-refractivity contribution in [2.45, 2.75) is 44.6 Å². The normalized spacial score (nSPS) is 24.6. The Hall–Kier alpha value is -1.02. The summed E-state index contributed by atoms with van der Waals surface area (Å²) in [5, 5.41) is 0. The lowest BCUT2D eigenvalue weighted by Gasteiger charge is -2.38. The highest BCUT2D eigenvalue weighted by Gasteiger charge is 2.28. The van der Waals surface area contributed by atoms with E-state index in [0.717, 1.165) is 5.75 Å². The fourth-order valence-electron chi connectivity index (χ4n) is 3.59. The predicted octanol–water partition coefficient (Wildman–Crippen LogP) is 3.56. The van der Waals surface area contributed by atoms with E-state index in [9.17, 15) is 0 Å². The maximum absolute atomic E-state index is 5.53. The van der Waals surface area contributed by atoms with Gasteiger partial charge in [0.2, 0.25) is 0 Å². The summed E-state index contributed by atoms with van der Waals surface area (Å²) < 4.78 is 5.53. The Bertz CT molecular complexity index is 410. The van der Waals surface area contributed by atoms with Gasteiger partial charge < -0.3 is 4.74 Å². The van der Waals surface area contributed by atoms with Gasteiger partial charge in [0, 0.05) is 6.04 Å². The summed E-state index contributed by atoms with van der Waals surface area (Å²) >= 11 is 0. The number of piperidine rings is 1. The SMILES string of the molecule is COc1cccc2c1CCCC2N1CCCCC1. The van der Waals surface area contributed by atoms with Crippen molar-refractivity contribution < 1.29 is 4.74 Å². The average Bonchev–Trinajstić information content (AvgIpc) is 2.47. The highest BCUT2D eigenvalue weighted by Crippen LogP contribution is 2.39. The van der Waals surface area contributed by atoms with E-state index in [-0.39, 0.29) is 0 Å². The number of hydrogen-bond donors (Lipinski definition) is 0. The van der Waals surface area contributed by atoms with Gasteiger partial charge >= 0.3 is 0 Å². The van der Waals surface area contributed by atoms with E-state index in [2.05, 4.69) is 23.1 Å². The lowest BCUT2D eigenvalue weighted by molar-refractivity contribution is 0.148. The highest BCUT2D eigenvalue weighted by atomic mass is 16.5. The van der Waals surface area contributed by atoms with E-state index in [4.69, 9.17) is 4.74 Å². The summed E-state index contributed by atoms with van der Waals surface area (Å²) in [6.45, 7) is 2.56. The molecule has 2 heteroatoms. The first kappa shape index (κ1) is 12.0. The molecule has 0 spiro atoms. The number of nitrogens with zero attached hydrogens (tertiary/aromatic N) is 1. The van der Waals surface area contributed by atoms with Gasteiger partial charge in [-0.15, -0.1) is 0 Å². The van der Waals surface area contributed by atoms with E-state index in [1.165, 1.54) is 62.7 Å². The Kier molecular flexibility index (Phi) is 3.55. The largest absolute Gasteiger partial charge is 0.496 e. The number of methoxy groups -OCH3 is 1. The number of fused-ring (bicyclic) bond motifs is 1. The molecule has 0 N–H and O–H groups in total. The standard InChI is InChI=1S/C16H23NO/c1-18-16-10-6-7-13-14(16)8-5-9-15(13)17-11-3-2-4-12-17/h6-7,10,15H,2-5,8-9,11-12H2,1H3. The highest BCUT2D eigenvalue weighted by molar-refractivity contribution is 5.43. The lowest BCUT2D eigenvalue weighted by atomic mass is 9.85. The lowest BCUT2D eigenvalue weighted by Crippen LogP contribution is -2.35. The summed E-state index contributed by atoms with van der Waals surface area (Å²) in [4.78, 5) is 2.70. The molecule has 0 bridgehead atoms. The number of likely N-dealkylation sites (tertiary alicyclic amines) is 1. The zero-order chi connectivity index (χ0) is 12.4.